The Hall–Kier alpha value is -1.79. The molecule has 0 atom stereocenters. The van der Waals surface area contributed by atoms with Gasteiger partial charge >= 0.3 is 0 Å². The van der Waals surface area contributed by atoms with Crippen LogP contribution in [0.2, 0.25) is 0 Å². The van der Waals surface area contributed by atoms with E-state index in [9.17, 15) is 4.79 Å². The molecule has 0 spiro atoms. The van der Waals surface area contributed by atoms with E-state index in [1.54, 1.807) is 6.20 Å². The second-order valence-electron chi connectivity index (χ2n) is 7.19. The molecule has 1 saturated heterocycles. The van der Waals surface area contributed by atoms with Gasteiger partial charge in [-0.2, -0.15) is 0 Å². The largest absolute Gasteiger partial charge is 0.349 e. The zero-order chi connectivity index (χ0) is 17.9. The minimum absolute atomic E-state index is 0.0293. The van der Waals surface area contributed by atoms with Crippen molar-refractivity contribution in [1.82, 2.24) is 20.2 Å². The van der Waals surface area contributed by atoms with E-state index in [2.05, 4.69) is 34.0 Å². The Balaban J connectivity index is 1.66. The summed E-state index contributed by atoms with van der Waals surface area (Å²) in [4.78, 5) is 24.7. The number of aryl methyl sites for hydroxylation is 1. The Bertz CT molecular complexity index is 720. The number of hydrogen-bond acceptors (Lipinski definition) is 5. The molecule has 1 aliphatic rings. The van der Waals surface area contributed by atoms with E-state index in [0.717, 1.165) is 29.5 Å². The molecule has 5 nitrogen and oxygen atoms in total. The van der Waals surface area contributed by atoms with Crippen LogP contribution in [0.25, 0.3) is 10.7 Å². The van der Waals surface area contributed by atoms with Crippen LogP contribution in [0, 0.1) is 6.92 Å². The van der Waals surface area contributed by atoms with Crippen molar-refractivity contribution in [3.8, 4) is 10.7 Å². The fraction of sp³-hybridized carbons (Fsp3) is 0.526. The lowest BCUT2D eigenvalue weighted by molar-refractivity contribution is 0.0799. The molecule has 25 heavy (non-hydrogen) atoms. The number of amides is 1. The third kappa shape index (κ3) is 4.25. The topological polar surface area (TPSA) is 58.1 Å². The number of carbonyl (C=O) groups is 1. The van der Waals surface area contributed by atoms with Crippen molar-refractivity contribution in [3.63, 3.8) is 0 Å². The predicted molar refractivity (Wildman–Crippen MR) is 102 cm³/mol. The summed E-state index contributed by atoms with van der Waals surface area (Å²) in [5.41, 5.74) is 1.54. The van der Waals surface area contributed by atoms with Gasteiger partial charge in [0, 0.05) is 18.3 Å². The highest BCUT2D eigenvalue weighted by Gasteiger charge is 2.29. The summed E-state index contributed by atoms with van der Waals surface area (Å²) in [5.74, 6) is -0.0396. The predicted octanol–water partition coefficient (Wildman–Crippen LogP) is 3.51. The lowest BCUT2D eigenvalue weighted by atomic mass is 9.98. The number of pyridine rings is 1. The highest BCUT2D eigenvalue weighted by atomic mass is 32.1. The smallest absolute Gasteiger partial charge is 0.263 e. The molecular formula is C19H26N4OS. The van der Waals surface area contributed by atoms with E-state index < -0.39 is 0 Å². The van der Waals surface area contributed by atoms with Gasteiger partial charge in [-0.15, -0.1) is 11.3 Å². The van der Waals surface area contributed by atoms with Crippen molar-refractivity contribution in [2.24, 2.45) is 0 Å². The molecule has 2 aromatic heterocycles. The molecule has 6 heteroatoms. The average molecular weight is 359 g/mol. The summed E-state index contributed by atoms with van der Waals surface area (Å²) < 4.78 is 0. The Kier molecular flexibility index (Phi) is 5.49. The maximum Gasteiger partial charge on any atom is 0.263 e. The summed E-state index contributed by atoms with van der Waals surface area (Å²) in [6.45, 7) is 9.17. The number of nitrogens with one attached hydrogen (secondary N) is 1. The van der Waals surface area contributed by atoms with Crippen molar-refractivity contribution in [3.05, 3.63) is 35.0 Å². The Morgan fingerprint density at radius 1 is 1.28 bits per heavy atom. The van der Waals surface area contributed by atoms with Crippen LogP contribution in [0.4, 0.5) is 0 Å². The number of aromatic nitrogens is 2. The SMILES string of the molecule is Cc1nc(-c2ccccn2)sc1C(=O)NCC(C)(C)N1CCCCC1. The number of nitrogens with zero attached hydrogens (tertiary/aromatic N) is 3. The normalized spacial score (nSPS) is 16.0. The number of hydrogen-bond donors (Lipinski definition) is 1. The zero-order valence-corrected chi connectivity index (χ0v) is 16.0. The fourth-order valence-electron chi connectivity index (χ4n) is 3.19. The van der Waals surface area contributed by atoms with Gasteiger partial charge in [0.05, 0.1) is 11.4 Å². The van der Waals surface area contributed by atoms with Gasteiger partial charge < -0.3 is 5.32 Å². The highest BCUT2D eigenvalue weighted by Crippen LogP contribution is 2.26. The second kappa shape index (κ2) is 7.62. The Labute approximate surface area is 153 Å². The third-order valence-electron chi connectivity index (χ3n) is 4.78. The number of carbonyl (C=O) groups excluding carboxylic acids is 1. The van der Waals surface area contributed by atoms with Crippen molar-refractivity contribution in [2.45, 2.75) is 45.6 Å². The van der Waals surface area contributed by atoms with E-state index in [1.807, 2.05) is 25.1 Å². The molecular weight excluding hydrogens is 332 g/mol. The molecule has 0 bridgehead atoms. The van der Waals surface area contributed by atoms with Crippen LogP contribution < -0.4 is 5.32 Å². The van der Waals surface area contributed by atoms with Crippen LogP contribution >= 0.6 is 11.3 Å². The lowest BCUT2D eigenvalue weighted by Crippen LogP contribution is -2.53. The minimum atomic E-state index is -0.0396. The monoisotopic (exact) mass is 358 g/mol. The van der Waals surface area contributed by atoms with E-state index in [1.165, 1.54) is 30.6 Å². The number of rotatable bonds is 5. The summed E-state index contributed by atoms with van der Waals surface area (Å²) in [7, 11) is 0. The molecule has 2 aromatic rings. The Morgan fingerprint density at radius 3 is 2.72 bits per heavy atom. The highest BCUT2D eigenvalue weighted by molar-refractivity contribution is 7.17. The van der Waals surface area contributed by atoms with Gasteiger partial charge in [-0.1, -0.05) is 12.5 Å². The quantitative estimate of drug-likeness (QED) is 0.889. The molecule has 134 valence electrons. The number of piperidine rings is 1. The van der Waals surface area contributed by atoms with Crippen LogP contribution in [-0.4, -0.2) is 45.9 Å². The van der Waals surface area contributed by atoms with E-state index >= 15 is 0 Å². The maximum absolute atomic E-state index is 12.7. The van der Waals surface area contributed by atoms with Gasteiger partial charge in [-0.3, -0.25) is 14.7 Å². The summed E-state index contributed by atoms with van der Waals surface area (Å²) >= 11 is 1.41. The van der Waals surface area contributed by atoms with E-state index in [0.29, 0.717) is 11.4 Å². The van der Waals surface area contributed by atoms with Crippen LogP contribution in [0.3, 0.4) is 0 Å². The first-order valence-electron chi connectivity index (χ1n) is 8.89. The molecule has 1 aliphatic heterocycles. The van der Waals surface area contributed by atoms with Crippen molar-refractivity contribution >= 4 is 17.2 Å². The van der Waals surface area contributed by atoms with Crippen molar-refractivity contribution in [2.75, 3.05) is 19.6 Å². The molecule has 0 aliphatic carbocycles. The van der Waals surface area contributed by atoms with Crippen molar-refractivity contribution in [1.29, 1.82) is 0 Å². The van der Waals surface area contributed by atoms with Gasteiger partial charge in [0.25, 0.3) is 5.91 Å². The molecule has 0 radical (unpaired) electrons. The molecule has 0 aromatic carbocycles. The van der Waals surface area contributed by atoms with Gasteiger partial charge in [0.2, 0.25) is 0 Å². The summed E-state index contributed by atoms with van der Waals surface area (Å²) in [6, 6.07) is 5.72. The molecule has 0 saturated carbocycles. The maximum atomic E-state index is 12.7. The van der Waals surface area contributed by atoms with Gasteiger partial charge in [-0.25, -0.2) is 4.98 Å². The summed E-state index contributed by atoms with van der Waals surface area (Å²) in [5, 5.41) is 3.90. The first-order valence-corrected chi connectivity index (χ1v) is 9.71. The third-order valence-corrected chi connectivity index (χ3v) is 5.96. The minimum Gasteiger partial charge on any atom is -0.349 e. The van der Waals surface area contributed by atoms with Gasteiger partial charge in [0.15, 0.2) is 0 Å². The zero-order valence-electron chi connectivity index (χ0n) is 15.2. The van der Waals surface area contributed by atoms with E-state index in [-0.39, 0.29) is 11.4 Å². The number of thiazole rings is 1. The van der Waals surface area contributed by atoms with Gasteiger partial charge in [-0.05, 0) is 58.8 Å². The molecule has 1 N–H and O–H groups in total. The average Bonchev–Trinajstić information content (AvgIpc) is 3.03. The van der Waals surface area contributed by atoms with Crippen LogP contribution in [0.15, 0.2) is 24.4 Å². The first kappa shape index (κ1) is 18.0. The fourth-order valence-corrected chi connectivity index (χ4v) is 4.15. The number of likely N-dealkylation sites (tertiary alicyclic amines) is 1. The Morgan fingerprint density at radius 2 is 2.04 bits per heavy atom. The standard InChI is InChI=1S/C19H26N4OS/c1-14-16(25-18(22-14)15-9-5-6-10-20-15)17(24)21-13-19(2,3)23-11-7-4-8-12-23/h5-6,9-10H,4,7-8,11-13H2,1-3H3,(H,21,24). The van der Waals surface area contributed by atoms with Crippen molar-refractivity contribution < 1.29 is 4.79 Å². The van der Waals surface area contributed by atoms with E-state index in [4.69, 9.17) is 0 Å². The molecule has 3 heterocycles. The lowest BCUT2D eigenvalue weighted by Gasteiger charge is -2.41. The van der Waals surface area contributed by atoms with Crippen LogP contribution in [0.5, 0.6) is 0 Å². The van der Waals surface area contributed by atoms with Crippen LogP contribution in [0.1, 0.15) is 48.5 Å². The van der Waals surface area contributed by atoms with Gasteiger partial charge in [0.1, 0.15) is 9.88 Å². The molecule has 1 amide bonds. The molecule has 0 unspecified atom stereocenters. The first-order chi connectivity index (χ1) is 12.0. The molecule has 3 rings (SSSR count). The van der Waals surface area contributed by atoms with Crippen LogP contribution in [-0.2, 0) is 0 Å². The summed E-state index contributed by atoms with van der Waals surface area (Å²) in [6.07, 6.45) is 5.56. The second-order valence-corrected chi connectivity index (χ2v) is 8.19. The molecule has 1 fully saturated rings.